The lowest BCUT2D eigenvalue weighted by Crippen LogP contribution is -2.25. The number of halogens is 1. The minimum absolute atomic E-state index is 0.163. The lowest BCUT2D eigenvalue weighted by molar-refractivity contribution is -0.113. The Hall–Kier alpha value is -3.04. The van der Waals surface area contributed by atoms with Crippen molar-refractivity contribution in [2.75, 3.05) is 18.2 Å². The number of benzene rings is 2. The zero-order chi connectivity index (χ0) is 22.2. The van der Waals surface area contributed by atoms with Gasteiger partial charge < -0.3 is 19.9 Å². The maximum atomic E-state index is 12.5. The summed E-state index contributed by atoms with van der Waals surface area (Å²) in [5.41, 5.74) is 1.12. The number of hydrogen-bond donors (Lipinski definition) is 2. The second kappa shape index (κ2) is 10.8. The summed E-state index contributed by atoms with van der Waals surface area (Å²) in [6.07, 6.45) is 0. The van der Waals surface area contributed by atoms with Crippen molar-refractivity contribution in [2.45, 2.75) is 25.2 Å². The second-order valence-corrected chi connectivity index (χ2v) is 7.75. The highest BCUT2D eigenvalue weighted by Crippen LogP contribution is 2.20. The largest absolute Gasteiger partial charge is 0.496 e. The molecular formula is C21H22ClN5O3S. The second-order valence-electron chi connectivity index (χ2n) is 6.37. The van der Waals surface area contributed by atoms with Crippen LogP contribution >= 0.6 is 23.4 Å². The average molecular weight is 460 g/mol. The number of ether oxygens (including phenoxy) is 1. The summed E-state index contributed by atoms with van der Waals surface area (Å²) >= 11 is 7.13. The normalized spacial score (nSPS) is 10.5. The van der Waals surface area contributed by atoms with E-state index in [9.17, 15) is 9.59 Å². The smallest absolute Gasteiger partial charge is 0.255 e. The molecule has 31 heavy (non-hydrogen) atoms. The van der Waals surface area contributed by atoms with Crippen molar-refractivity contribution < 1.29 is 14.3 Å². The Morgan fingerprint density at radius 3 is 2.58 bits per heavy atom. The molecule has 2 aromatic carbocycles. The number of nitrogens with one attached hydrogen (secondary N) is 2. The molecule has 0 aliphatic carbocycles. The fraction of sp³-hybridized carbons (Fsp3) is 0.238. The van der Waals surface area contributed by atoms with Crippen LogP contribution in [0, 0.1) is 0 Å². The number of carbonyl (C=O) groups is 2. The molecule has 0 radical (unpaired) electrons. The van der Waals surface area contributed by atoms with Crippen LogP contribution in [0.25, 0.3) is 0 Å². The van der Waals surface area contributed by atoms with Crippen molar-refractivity contribution in [1.82, 2.24) is 20.1 Å². The fourth-order valence-corrected chi connectivity index (χ4v) is 3.77. The van der Waals surface area contributed by atoms with Gasteiger partial charge in [0.25, 0.3) is 5.91 Å². The highest BCUT2D eigenvalue weighted by Gasteiger charge is 2.16. The molecule has 1 aromatic heterocycles. The van der Waals surface area contributed by atoms with E-state index in [-0.39, 0.29) is 24.1 Å². The maximum absolute atomic E-state index is 12.5. The molecule has 0 saturated carbocycles. The molecule has 2 amide bonds. The van der Waals surface area contributed by atoms with Gasteiger partial charge in [0, 0.05) is 17.3 Å². The molecule has 2 N–H and O–H groups in total. The van der Waals surface area contributed by atoms with Gasteiger partial charge in [0.15, 0.2) is 11.0 Å². The minimum atomic E-state index is -0.264. The van der Waals surface area contributed by atoms with Crippen LogP contribution in [0.5, 0.6) is 5.75 Å². The number of aromatic nitrogens is 3. The van der Waals surface area contributed by atoms with Crippen LogP contribution in [0.3, 0.4) is 0 Å². The van der Waals surface area contributed by atoms with Crippen LogP contribution in [0.2, 0.25) is 5.02 Å². The Kier molecular flexibility index (Phi) is 7.91. The Bertz CT molecular complexity index is 1060. The van der Waals surface area contributed by atoms with Crippen LogP contribution in [-0.4, -0.2) is 39.4 Å². The third-order valence-corrected chi connectivity index (χ3v) is 5.55. The van der Waals surface area contributed by atoms with Crippen LogP contribution in [0.4, 0.5) is 5.69 Å². The van der Waals surface area contributed by atoms with E-state index in [4.69, 9.17) is 16.3 Å². The molecule has 0 atom stereocenters. The van der Waals surface area contributed by atoms with E-state index in [0.717, 1.165) is 0 Å². The topological polar surface area (TPSA) is 98.1 Å². The molecule has 8 nitrogen and oxygen atoms in total. The van der Waals surface area contributed by atoms with E-state index in [1.54, 1.807) is 48.5 Å². The molecule has 0 spiro atoms. The standard InChI is InChI=1S/C21H22ClN5O3S/c1-3-27-18(12-23-20(29)16-6-4-5-7-17(16)30-2)25-26-21(27)31-13-19(28)24-15-10-8-14(22)9-11-15/h4-11H,3,12-13H2,1-2H3,(H,23,29)(H,24,28). The van der Waals surface area contributed by atoms with Gasteiger partial charge in [0.05, 0.1) is 25.0 Å². The monoisotopic (exact) mass is 459 g/mol. The van der Waals surface area contributed by atoms with Crippen LogP contribution in [0.1, 0.15) is 23.1 Å². The summed E-state index contributed by atoms with van der Waals surface area (Å²) < 4.78 is 7.09. The number of nitrogens with zero attached hydrogens (tertiary/aromatic N) is 3. The zero-order valence-electron chi connectivity index (χ0n) is 17.1. The predicted molar refractivity (Wildman–Crippen MR) is 121 cm³/mol. The van der Waals surface area contributed by atoms with Crippen LogP contribution < -0.4 is 15.4 Å². The lowest BCUT2D eigenvalue weighted by atomic mass is 10.2. The number of rotatable bonds is 9. The summed E-state index contributed by atoms with van der Waals surface area (Å²) in [7, 11) is 1.52. The summed E-state index contributed by atoms with van der Waals surface area (Å²) in [4.78, 5) is 24.7. The van der Waals surface area contributed by atoms with E-state index in [0.29, 0.717) is 39.5 Å². The van der Waals surface area contributed by atoms with Crippen molar-refractivity contribution >= 4 is 40.9 Å². The zero-order valence-corrected chi connectivity index (χ0v) is 18.7. The quantitative estimate of drug-likeness (QED) is 0.474. The highest BCUT2D eigenvalue weighted by atomic mass is 35.5. The van der Waals surface area contributed by atoms with Gasteiger partial charge in [-0.2, -0.15) is 0 Å². The number of hydrogen-bond acceptors (Lipinski definition) is 6. The predicted octanol–water partition coefficient (Wildman–Crippen LogP) is 3.62. The molecule has 0 aliphatic heterocycles. The van der Waals surface area contributed by atoms with Crippen molar-refractivity contribution in [3.05, 3.63) is 64.9 Å². The first-order valence-electron chi connectivity index (χ1n) is 9.53. The van der Waals surface area contributed by atoms with Gasteiger partial charge in [0.1, 0.15) is 5.75 Å². The number of amides is 2. The molecule has 3 rings (SSSR count). The molecule has 162 valence electrons. The molecule has 0 saturated heterocycles. The van der Waals surface area contributed by atoms with Crippen molar-refractivity contribution in [3.63, 3.8) is 0 Å². The highest BCUT2D eigenvalue weighted by molar-refractivity contribution is 7.99. The SMILES string of the molecule is CCn1c(CNC(=O)c2ccccc2OC)nnc1SCC(=O)Nc1ccc(Cl)cc1. The molecule has 0 fully saturated rings. The molecule has 10 heteroatoms. The molecule has 1 heterocycles. The van der Waals surface area contributed by atoms with Crippen molar-refractivity contribution in [2.24, 2.45) is 0 Å². The Balaban J connectivity index is 1.58. The first kappa shape index (κ1) is 22.6. The number of para-hydroxylation sites is 1. The van der Waals surface area contributed by atoms with Gasteiger partial charge in [-0.1, -0.05) is 35.5 Å². The molecule has 3 aromatic rings. The lowest BCUT2D eigenvalue weighted by Gasteiger charge is -2.10. The van der Waals surface area contributed by atoms with E-state index in [1.807, 2.05) is 11.5 Å². The first-order chi connectivity index (χ1) is 15.0. The summed E-state index contributed by atoms with van der Waals surface area (Å²) in [5.74, 6) is 0.851. The summed E-state index contributed by atoms with van der Waals surface area (Å²) in [6.45, 7) is 2.76. The van der Waals surface area contributed by atoms with Crippen molar-refractivity contribution in [3.8, 4) is 5.75 Å². The van der Waals surface area contributed by atoms with E-state index < -0.39 is 0 Å². The van der Waals surface area contributed by atoms with Crippen molar-refractivity contribution in [1.29, 1.82) is 0 Å². The Morgan fingerprint density at radius 1 is 1.13 bits per heavy atom. The van der Waals surface area contributed by atoms with Gasteiger partial charge in [-0.25, -0.2) is 0 Å². The number of carbonyl (C=O) groups excluding carboxylic acids is 2. The van der Waals surface area contributed by atoms with Gasteiger partial charge in [0.2, 0.25) is 5.91 Å². The third kappa shape index (κ3) is 5.99. The van der Waals surface area contributed by atoms with E-state index >= 15 is 0 Å². The average Bonchev–Trinajstić information content (AvgIpc) is 3.19. The van der Waals surface area contributed by atoms with Crippen LogP contribution in [-0.2, 0) is 17.9 Å². The maximum Gasteiger partial charge on any atom is 0.255 e. The summed E-state index contributed by atoms with van der Waals surface area (Å²) in [6, 6.07) is 13.9. The molecular weight excluding hydrogens is 438 g/mol. The molecule has 0 unspecified atom stereocenters. The van der Waals surface area contributed by atoms with Gasteiger partial charge in [-0.15, -0.1) is 10.2 Å². The van der Waals surface area contributed by atoms with E-state index in [2.05, 4.69) is 20.8 Å². The molecule has 0 aliphatic rings. The van der Waals surface area contributed by atoms with Gasteiger partial charge >= 0.3 is 0 Å². The number of thioether (sulfide) groups is 1. The minimum Gasteiger partial charge on any atom is -0.496 e. The first-order valence-corrected chi connectivity index (χ1v) is 10.9. The number of anilines is 1. The number of methoxy groups -OCH3 is 1. The third-order valence-electron chi connectivity index (χ3n) is 4.33. The van der Waals surface area contributed by atoms with Gasteiger partial charge in [-0.3, -0.25) is 9.59 Å². The fourth-order valence-electron chi connectivity index (χ4n) is 2.82. The Morgan fingerprint density at radius 2 is 1.87 bits per heavy atom. The molecule has 0 bridgehead atoms. The summed E-state index contributed by atoms with van der Waals surface area (Å²) in [5, 5.41) is 15.2. The van der Waals surface area contributed by atoms with Gasteiger partial charge in [-0.05, 0) is 43.3 Å². The Labute approximate surface area is 189 Å². The van der Waals surface area contributed by atoms with E-state index in [1.165, 1.54) is 18.9 Å². The van der Waals surface area contributed by atoms with Crippen LogP contribution in [0.15, 0.2) is 53.7 Å².